The Labute approximate surface area is 192 Å². The number of H-pyrrole nitrogens is 1. The van der Waals surface area contributed by atoms with E-state index in [0.717, 1.165) is 16.4 Å². The van der Waals surface area contributed by atoms with Crippen LogP contribution in [0, 0.1) is 0 Å². The fourth-order valence-corrected chi connectivity index (χ4v) is 3.87. The van der Waals surface area contributed by atoms with E-state index >= 15 is 0 Å². The summed E-state index contributed by atoms with van der Waals surface area (Å²) in [4.78, 5) is 41.2. The molecule has 0 aliphatic rings. The molecule has 31 heavy (non-hydrogen) atoms. The molecule has 0 spiro atoms. The molecule has 1 heterocycles. The first-order chi connectivity index (χ1) is 14.8. The maximum absolute atomic E-state index is 12.0. The first kappa shape index (κ1) is 22.7. The SMILES string of the molecule is CC(C=N/C(=C(\S)C=O)c1ccccc1)c1c(Cl)cc(-n2ncc(=O)[nH]c2=O)cc1Cl. The first-order valence-electron chi connectivity index (χ1n) is 8.97. The monoisotopic (exact) mass is 474 g/mol. The molecular formula is C21H16Cl2N4O3S. The second kappa shape index (κ2) is 9.91. The number of nitrogens with one attached hydrogen (secondary N) is 1. The van der Waals surface area contributed by atoms with Gasteiger partial charge in [0.15, 0.2) is 6.29 Å². The van der Waals surface area contributed by atoms with E-state index in [2.05, 4.69) is 27.7 Å². The Morgan fingerprint density at radius 3 is 2.42 bits per heavy atom. The number of rotatable bonds is 6. The fourth-order valence-electron chi connectivity index (χ4n) is 2.87. The zero-order chi connectivity index (χ0) is 22.5. The van der Waals surface area contributed by atoms with Gasteiger partial charge < -0.3 is 0 Å². The van der Waals surface area contributed by atoms with Crippen LogP contribution in [0.1, 0.15) is 24.0 Å². The molecule has 0 bridgehead atoms. The molecule has 1 unspecified atom stereocenters. The molecule has 10 heteroatoms. The normalized spacial score (nSPS) is 13.2. The van der Waals surface area contributed by atoms with Crippen LogP contribution in [0.3, 0.4) is 0 Å². The van der Waals surface area contributed by atoms with Gasteiger partial charge in [-0.1, -0.05) is 60.5 Å². The lowest BCUT2D eigenvalue weighted by molar-refractivity contribution is -0.104. The highest BCUT2D eigenvalue weighted by atomic mass is 35.5. The maximum atomic E-state index is 12.0. The topological polar surface area (TPSA) is 97.2 Å². The minimum Gasteiger partial charge on any atom is -0.297 e. The van der Waals surface area contributed by atoms with Gasteiger partial charge in [-0.3, -0.25) is 19.6 Å². The molecule has 0 amide bonds. The van der Waals surface area contributed by atoms with Gasteiger partial charge in [-0.15, -0.1) is 12.6 Å². The van der Waals surface area contributed by atoms with Crippen molar-refractivity contribution in [2.45, 2.75) is 12.8 Å². The number of benzene rings is 2. The van der Waals surface area contributed by atoms with E-state index in [1.807, 2.05) is 37.3 Å². The second-order valence-corrected chi connectivity index (χ2v) is 7.75. The molecular weight excluding hydrogens is 459 g/mol. The summed E-state index contributed by atoms with van der Waals surface area (Å²) in [7, 11) is 0. The van der Waals surface area contributed by atoms with Crippen LogP contribution in [0.25, 0.3) is 11.4 Å². The van der Waals surface area contributed by atoms with E-state index in [4.69, 9.17) is 23.2 Å². The highest BCUT2D eigenvalue weighted by Crippen LogP contribution is 2.33. The van der Waals surface area contributed by atoms with E-state index in [0.29, 0.717) is 23.2 Å². The van der Waals surface area contributed by atoms with Crippen LogP contribution >= 0.6 is 35.8 Å². The predicted octanol–water partition coefficient (Wildman–Crippen LogP) is 3.90. The van der Waals surface area contributed by atoms with Crippen molar-refractivity contribution >= 4 is 54.0 Å². The van der Waals surface area contributed by atoms with Crippen LogP contribution in [-0.4, -0.2) is 27.3 Å². The molecule has 0 radical (unpaired) electrons. The summed E-state index contributed by atoms with van der Waals surface area (Å²) in [5.41, 5.74) is 0.703. The molecule has 0 aliphatic heterocycles. The minimum atomic E-state index is -0.713. The van der Waals surface area contributed by atoms with Crippen molar-refractivity contribution in [2.24, 2.45) is 4.99 Å². The van der Waals surface area contributed by atoms with Crippen molar-refractivity contribution in [3.8, 4) is 5.69 Å². The molecule has 0 aliphatic carbocycles. The highest BCUT2D eigenvalue weighted by Gasteiger charge is 2.16. The number of nitrogens with zero attached hydrogens (tertiary/aromatic N) is 3. The standard InChI is InChI=1S/C21H16Cl2N4O3S/c1-12(9-24-20(17(31)11-28)13-5-3-2-4-6-13)19-15(22)7-14(8-16(19)23)27-21(30)26-18(29)10-25-27/h2-12,31H,1H3,(H,26,29,30)/b20-17-,24-9?. The number of carbonyl (C=O) groups excluding carboxylic acids is 1. The van der Waals surface area contributed by atoms with Gasteiger partial charge in [0.25, 0.3) is 5.56 Å². The van der Waals surface area contributed by atoms with Crippen molar-refractivity contribution in [3.05, 3.63) is 95.6 Å². The number of hydrogen-bond donors (Lipinski definition) is 2. The molecule has 2 aromatic carbocycles. The van der Waals surface area contributed by atoms with Gasteiger partial charge in [-0.2, -0.15) is 9.78 Å². The number of hydrogen-bond acceptors (Lipinski definition) is 6. The van der Waals surface area contributed by atoms with Gasteiger partial charge in [0.2, 0.25) is 0 Å². The van der Waals surface area contributed by atoms with E-state index in [1.54, 1.807) is 6.21 Å². The van der Waals surface area contributed by atoms with Gasteiger partial charge in [-0.05, 0) is 17.7 Å². The largest absolute Gasteiger partial charge is 0.349 e. The Bertz CT molecular complexity index is 1280. The van der Waals surface area contributed by atoms with Crippen molar-refractivity contribution in [1.82, 2.24) is 14.8 Å². The molecule has 1 N–H and O–H groups in total. The Kier molecular flexibility index (Phi) is 7.27. The lowest BCUT2D eigenvalue weighted by Gasteiger charge is -2.14. The van der Waals surface area contributed by atoms with Crippen LogP contribution in [-0.2, 0) is 4.79 Å². The third-order valence-corrected chi connectivity index (χ3v) is 5.25. The fraction of sp³-hybridized carbons (Fsp3) is 0.0952. The van der Waals surface area contributed by atoms with Gasteiger partial charge in [0, 0.05) is 27.7 Å². The third kappa shape index (κ3) is 5.22. The van der Waals surface area contributed by atoms with Gasteiger partial charge in [0.1, 0.15) is 6.20 Å². The van der Waals surface area contributed by atoms with Gasteiger partial charge in [0.05, 0.1) is 16.3 Å². The summed E-state index contributed by atoms with van der Waals surface area (Å²) in [6.07, 6.45) is 3.21. The average Bonchev–Trinajstić information content (AvgIpc) is 2.73. The van der Waals surface area contributed by atoms with E-state index in [9.17, 15) is 14.4 Å². The smallest absolute Gasteiger partial charge is 0.297 e. The third-order valence-electron chi connectivity index (χ3n) is 4.31. The Morgan fingerprint density at radius 2 is 1.84 bits per heavy atom. The Morgan fingerprint density at radius 1 is 1.19 bits per heavy atom. The summed E-state index contributed by atoms with van der Waals surface area (Å²) >= 11 is 17.1. The zero-order valence-corrected chi connectivity index (χ0v) is 18.5. The van der Waals surface area contributed by atoms with Gasteiger partial charge in [-0.25, -0.2) is 4.79 Å². The molecule has 0 fully saturated rings. The molecule has 0 saturated carbocycles. The molecule has 1 atom stereocenters. The number of thiol groups is 1. The van der Waals surface area contributed by atoms with Crippen molar-refractivity contribution in [2.75, 3.05) is 0 Å². The molecule has 158 valence electrons. The van der Waals surface area contributed by atoms with Crippen LogP contribution in [0.4, 0.5) is 0 Å². The van der Waals surface area contributed by atoms with E-state index < -0.39 is 11.2 Å². The molecule has 3 aromatic rings. The van der Waals surface area contributed by atoms with Crippen LogP contribution in [0.2, 0.25) is 10.0 Å². The first-order valence-corrected chi connectivity index (χ1v) is 10.2. The summed E-state index contributed by atoms with van der Waals surface area (Å²) in [6, 6.07) is 12.2. The predicted molar refractivity (Wildman–Crippen MR) is 126 cm³/mol. The van der Waals surface area contributed by atoms with Crippen LogP contribution < -0.4 is 11.2 Å². The van der Waals surface area contributed by atoms with Crippen LogP contribution in [0.5, 0.6) is 0 Å². The quantitative estimate of drug-likeness (QED) is 0.245. The molecule has 7 nitrogen and oxygen atoms in total. The van der Waals surface area contributed by atoms with E-state index in [1.165, 1.54) is 12.1 Å². The van der Waals surface area contributed by atoms with Gasteiger partial charge >= 0.3 is 5.69 Å². The summed E-state index contributed by atoms with van der Waals surface area (Å²) in [6.45, 7) is 1.84. The lowest BCUT2D eigenvalue weighted by Crippen LogP contribution is -2.30. The number of aliphatic imine (C=N–C) groups is 1. The summed E-state index contributed by atoms with van der Waals surface area (Å²) < 4.78 is 0.981. The number of aldehydes is 1. The lowest BCUT2D eigenvalue weighted by atomic mass is 10.0. The summed E-state index contributed by atoms with van der Waals surface area (Å²) in [5, 5.41) is 4.37. The average molecular weight is 475 g/mol. The maximum Gasteiger partial charge on any atom is 0.349 e. The number of halogens is 2. The summed E-state index contributed by atoms with van der Waals surface area (Å²) in [5.74, 6) is -0.333. The Hall–Kier alpha value is -2.94. The molecule has 3 rings (SSSR count). The minimum absolute atomic E-state index is 0.186. The molecule has 0 saturated heterocycles. The van der Waals surface area contributed by atoms with Crippen molar-refractivity contribution in [3.63, 3.8) is 0 Å². The van der Waals surface area contributed by atoms with Crippen molar-refractivity contribution < 1.29 is 4.79 Å². The number of aromatic nitrogens is 3. The van der Waals surface area contributed by atoms with Crippen LogP contribution in [0.15, 0.2) is 68.1 Å². The van der Waals surface area contributed by atoms with Crippen molar-refractivity contribution in [1.29, 1.82) is 0 Å². The Balaban J connectivity index is 1.98. The highest BCUT2D eigenvalue weighted by molar-refractivity contribution is 7.85. The number of carbonyl (C=O) groups is 1. The zero-order valence-electron chi connectivity index (χ0n) is 16.1. The second-order valence-electron chi connectivity index (χ2n) is 6.46. The number of allylic oxidation sites excluding steroid dienone is 1. The molecule has 1 aromatic heterocycles. The number of aromatic amines is 1. The van der Waals surface area contributed by atoms with E-state index in [-0.39, 0.29) is 20.9 Å².